The van der Waals surface area contributed by atoms with Crippen molar-refractivity contribution in [2.45, 2.75) is 36.9 Å². The van der Waals surface area contributed by atoms with Gasteiger partial charge in [-0.2, -0.15) is 52.7 Å². The first-order valence-electron chi connectivity index (χ1n) is 11.0. The Morgan fingerprint density at radius 3 is 0.907 bits per heavy atom. The molecule has 0 unspecified atom stereocenters. The van der Waals surface area contributed by atoms with Crippen molar-refractivity contribution in [2.24, 2.45) is 0 Å². The largest absolute Gasteiger partial charge is 4.00 e. The van der Waals surface area contributed by atoms with Gasteiger partial charge in [0.1, 0.15) is 0 Å². The fourth-order valence-corrected chi connectivity index (χ4v) is 3.39. The Kier molecular flexibility index (Phi) is 12.4. The van der Waals surface area contributed by atoms with E-state index in [4.69, 9.17) is 0 Å². The first kappa shape index (κ1) is 37.8. The summed E-state index contributed by atoms with van der Waals surface area (Å²) in [5.41, 5.74) is 1.000. The molecular formula is C26H14F12O4Ti. The van der Waals surface area contributed by atoms with Crippen LogP contribution >= 0.6 is 0 Å². The third-order valence-corrected chi connectivity index (χ3v) is 5.22. The minimum Gasteiger partial charge on any atom is -0.872 e. The van der Waals surface area contributed by atoms with E-state index in [0.29, 0.717) is 11.1 Å². The van der Waals surface area contributed by atoms with Crippen LogP contribution in [0.1, 0.15) is 0 Å². The standard InChI is InChI=1S/C20H14O2.2C3HF6O.Ti/c21-17-11-9-13-5-1-3-7-15(13)19(17)20-16-8-4-2-6-14(16)10-12-18(20)22;2*4-2(5,6)1(10)3(7,8)9;/h1-12,21-22H;2*1H;/q;2*-1;+4/p-2. The van der Waals surface area contributed by atoms with Crippen molar-refractivity contribution in [3.05, 3.63) is 72.8 Å². The molecule has 43 heavy (non-hydrogen) atoms. The summed E-state index contributed by atoms with van der Waals surface area (Å²) in [6, 6.07) is 22.0. The summed E-state index contributed by atoms with van der Waals surface area (Å²) in [5.74, 6) is -0.237. The van der Waals surface area contributed by atoms with Crippen molar-refractivity contribution < 1.29 is 94.8 Å². The molecule has 17 heteroatoms. The van der Waals surface area contributed by atoms with Crippen LogP contribution in [0.25, 0.3) is 32.7 Å². The van der Waals surface area contributed by atoms with E-state index in [1.54, 1.807) is 24.3 Å². The van der Waals surface area contributed by atoms with E-state index in [1.165, 1.54) is 0 Å². The van der Waals surface area contributed by atoms with Gasteiger partial charge in [-0.1, -0.05) is 72.8 Å². The van der Waals surface area contributed by atoms with Gasteiger partial charge in [0.05, 0.1) is 12.2 Å². The minimum absolute atomic E-state index is 0. The van der Waals surface area contributed by atoms with Crippen molar-refractivity contribution >= 4 is 21.5 Å². The summed E-state index contributed by atoms with van der Waals surface area (Å²) >= 11 is 0. The zero-order chi connectivity index (χ0) is 32.3. The third kappa shape index (κ3) is 9.91. The molecule has 0 atom stereocenters. The van der Waals surface area contributed by atoms with Crippen molar-refractivity contribution in [1.82, 2.24) is 0 Å². The topological polar surface area (TPSA) is 92.2 Å². The Bertz CT molecular complexity index is 1360. The second kappa shape index (κ2) is 14.1. The van der Waals surface area contributed by atoms with Gasteiger partial charge in [0, 0.05) is 0 Å². The van der Waals surface area contributed by atoms with Gasteiger partial charge in [-0.05, 0) is 32.7 Å². The van der Waals surface area contributed by atoms with Crippen LogP contribution in [0.2, 0.25) is 0 Å². The van der Waals surface area contributed by atoms with Gasteiger partial charge in [0.15, 0.2) is 0 Å². The molecule has 4 rings (SSSR count). The fourth-order valence-electron chi connectivity index (χ4n) is 3.39. The van der Waals surface area contributed by atoms with E-state index in [9.17, 15) is 73.1 Å². The molecule has 4 aromatic rings. The summed E-state index contributed by atoms with van der Waals surface area (Å²) < 4.78 is 131. The molecule has 0 radical (unpaired) electrons. The molecule has 0 aliphatic carbocycles. The van der Waals surface area contributed by atoms with Crippen LogP contribution in [0.5, 0.6) is 11.5 Å². The van der Waals surface area contributed by atoms with Crippen LogP contribution < -0.4 is 20.4 Å². The van der Waals surface area contributed by atoms with E-state index in [0.717, 1.165) is 21.5 Å². The summed E-state index contributed by atoms with van der Waals surface area (Å²) in [4.78, 5) is 0. The Balaban J connectivity index is 0.000000373. The Hall–Kier alpha value is -3.21. The fraction of sp³-hybridized carbons (Fsp3) is 0.231. The number of rotatable bonds is 1. The Labute approximate surface area is 248 Å². The molecule has 4 nitrogen and oxygen atoms in total. The molecule has 0 aliphatic rings. The van der Waals surface area contributed by atoms with Crippen molar-refractivity contribution in [2.75, 3.05) is 0 Å². The molecule has 0 saturated heterocycles. The number of halogens is 12. The molecule has 230 valence electrons. The monoisotopic (exact) mass is 666 g/mol. The molecule has 0 amide bonds. The minimum atomic E-state index is -5.74. The predicted molar refractivity (Wildman–Crippen MR) is 118 cm³/mol. The van der Waals surface area contributed by atoms with Crippen LogP contribution in [0.15, 0.2) is 72.8 Å². The number of hydrogen-bond donors (Lipinski definition) is 0. The van der Waals surface area contributed by atoms with E-state index < -0.39 is 36.9 Å². The van der Waals surface area contributed by atoms with E-state index in [-0.39, 0.29) is 33.2 Å². The zero-order valence-corrected chi connectivity index (χ0v) is 22.3. The second-order valence-corrected chi connectivity index (χ2v) is 8.25. The first-order valence-corrected chi connectivity index (χ1v) is 11.0. The Morgan fingerprint density at radius 2 is 0.674 bits per heavy atom. The average molecular weight is 666 g/mol. The van der Waals surface area contributed by atoms with Gasteiger partial charge in [-0.15, -0.1) is 11.5 Å². The maximum absolute atomic E-state index is 12.5. The van der Waals surface area contributed by atoms with Crippen molar-refractivity contribution in [3.8, 4) is 22.6 Å². The summed E-state index contributed by atoms with van der Waals surface area (Å²) in [6.45, 7) is 0. The number of fused-ring (bicyclic) bond motifs is 2. The maximum atomic E-state index is 12.5. The van der Waals surface area contributed by atoms with Crippen LogP contribution in [0, 0.1) is 0 Å². The predicted octanol–water partition coefficient (Wildman–Crippen LogP) is 5.48. The van der Waals surface area contributed by atoms with Crippen molar-refractivity contribution in [3.63, 3.8) is 0 Å². The molecular weight excluding hydrogens is 652 g/mol. The van der Waals surface area contributed by atoms with E-state index in [1.807, 2.05) is 48.5 Å². The summed E-state index contributed by atoms with van der Waals surface area (Å²) in [5, 5.41) is 47.2. The normalized spacial score (nSPS) is 12.4. The SMILES string of the molecule is [O-]C(C(F)(F)F)C(F)(F)F.[O-]C(C(F)(F)F)C(F)(F)F.[O-]c1ccc2ccccc2c1-c1c([O-])ccc2ccccc12.[Ti+4]. The smallest absolute Gasteiger partial charge is 0.872 e. The third-order valence-electron chi connectivity index (χ3n) is 5.22. The number of benzene rings is 4. The van der Waals surface area contributed by atoms with E-state index in [2.05, 4.69) is 0 Å². The molecule has 0 aliphatic heterocycles. The van der Waals surface area contributed by atoms with Gasteiger partial charge in [0.2, 0.25) is 0 Å². The molecule has 0 bridgehead atoms. The van der Waals surface area contributed by atoms with Crippen LogP contribution in [-0.2, 0) is 21.7 Å². The molecule has 0 N–H and O–H groups in total. The quantitative estimate of drug-likeness (QED) is 0.199. The van der Waals surface area contributed by atoms with Gasteiger partial charge < -0.3 is 20.4 Å². The first-order chi connectivity index (χ1) is 19.1. The van der Waals surface area contributed by atoms with Crippen LogP contribution in [0.4, 0.5) is 52.7 Å². The number of alkyl halides is 12. The molecule has 0 spiro atoms. The molecule has 0 fully saturated rings. The van der Waals surface area contributed by atoms with Gasteiger partial charge in [-0.3, -0.25) is 0 Å². The molecule has 0 heterocycles. The average Bonchev–Trinajstić information content (AvgIpc) is 2.87. The van der Waals surface area contributed by atoms with Gasteiger partial charge in [-0.25, -0.2) is 0 Å². The maximum Gasteiger partial charge on any atom is 4.00 e. The molecule has 0 aromatic heterocycles. The van der Waals surface area contributed by atoms with Gasteiger partial charge >= 0.3 is 46.4 Å². The Morgan fingerprint density at radius 1 is 0.419 bits per heavy atom. The van der Waals surface area contributed by atoms with Gasteiger partial charge in [0.25, 0.3) is 0 Å². The number of hydrogen-bond acceptors (Lipinski definition) is 4. The summed E-state index contributed by atoms with van der Waals surface area (Å²) in [7, 11) is 0. The van der Waals surface area contributed by atoms with Crippen LogP contribution in [-0.4, -0.2) is 36.9 Å². The molecule has 0 saturated carbocycles. The van der Waals surface area contributed by atoms with Crippen LogP contribution in [0.3, 0.4) is 0 Å². The second-order valence-electron chi connectivity index (χ2n) is 8.25. The zero-order valence-electron chi connectivity index (χ0n) is 20.8. The molecule has 4 aromatic carbocycles. The van der Waals surface area contributed by atoms with E-state index >= 15 is 0 Å². The van der Waals surface area contributed by atoms with Crippen molar-refractivity contribution in [1.29, 1.82) is 0 Å². The summed E-state index contributed by atoms with van der Waals surface area (Å²) in [6.07, 6.45) is -31.9.